The summed E-state index contributed by atoms with van der Waals surface area (Å²) in [6.07, 6.45) is 3.14. The minimum Gasteiger partial charge on any atom is -0.462 e. The van der Waals surface area contributed by atoms with Crippen molar-refractivity contribution in [1.82, 2.24) is 14.8 Å². The van der Waals surface area contributed by atoms with Crippen LogP contribution in [0.1, 0.15) is 46.8 Å². The Morgan fingerprint density at radius 2 is 1.93 bits per heavy atom. The van der Waals surface area contributed by atoms with Gasteiger partial charge in [0, 0.05) is 11.3 Å². The van der Waals surface area contributed by atoms with E-state index in [-0.39, 0.29) is 24.0 Å². The number of anilines is 1. The summed E-state index contributed by atoms with van der Waals surface area (Å²) in [5.41, 5.74) is 4.38. The van der Waals surface area contributed by atoms with E-state index >= 15 is 0 Å². The molecule has 0 spiro atoms. The van der Waals surface area contributed by atoms with Gasteiger partial charge < -0.3 is 10.1 Å². The molecule has 0 bridgehead atoms. The second-order valence-corrected chi connectivity index (χ2v) is 7.58. The molecule has 0 atom stereocenters. The van der Waals surface area contributed by atoms with Crippen LogP contribution in [0.2, 0.25) is 0 Å². The van der Waals surface area contributed by atoms with E-state index < -0.39 is 5.97 Å². The first kappa shape index (κ1) is 19.1. The number of hydrogen-bond donors (Lipinski definition) is 1. The van der Waals surface area contributed by atoms with Crippen molar-refractivity contribution in [3.8, 4) is 5.82 Å². The molecule has 2 aromatic heterocycles. The molecule has 7 nitrogen and oxygen atoms in total. The summed E-state index contributed by atoms with van der Waals surface area (Å²) in [6.45, 7) is 8.08. The maximum absolute atomic E-state index is 12.4. The minimum atomic E-state index is -0.519. The SMILES string of the molecule is CCOC(=O)c1cnn(-c2cc(C)c3cc(C)cc(C)c3n2)c1NC(=O)C1CC1. The number of carbonyl (C=O) groups excluding carboxylic acids is 2. The molecule has 7 heteroatoms. The Labute approximate surface area is 169 Å². The monoisotopic (exact) mass is 392 g/mol. The van der Waals surface area contributed by atoms with Gasteiger partial charge in [0.05, 0.1) is 18.3 Å². The number of esters is 1. The van der Waals surface area contributed by atoms with Crippen molar-refractivity contribution in [2.45, 2.75) is 40.5 Å². The zero-order valence-electron chi connectivity index (χ0n) is 17.1. The molecule has 1 aliphatic rings. The summed E-state index contributed by atoms with van der Waals surface area (Å²) in [4.78, 5) is 29.6. The first-order valence-corrected chi connectivity index (χ1v) is 9.84. The summed E-state index contributed by atoms with van der Waals surface area (Å²) in [6, 6.07) is 6.11. The number of ether oxygens (including phenoxy) is 1. The van der Waals surface area contributed by atoms with Crippen LogP contribution < -0.4 is 5.32 Å². The number of pyridine rings is 1. The zero-order chi connectivity index (χ0) is 20.7. The number of nitrogens with zero attached hydrogens (tertiary/aromatic N) is 3. The van der Waals surface area contributed by atoms with Crippen molar-refractivity contribution in [2.75, 3.05) is 11.9 Å². The molecule has 1 aromatic carbocycles. The molecule has 1 N–H and O–H groups in total. The highest BCUT2D eigenvalue weighted by Crippen LogP contribution is 2.32. The minimum absolute atomic E-state index is 0.00934. The predicted molar refractivity (Wildman–Crippen MR) is 110 cm³/mol. The molecule has 29 heavy (non-hydrogen) atoms. The maximum atomic E-state index is 12.4. The Balaban J connectivity index is 1.85. The Kier molecular flexibility index (Phi) is 4.82. The molecule has 4 rings (SSSR count). The van der Waals surface area contributed by atoms with Gasteiger partial charge in [-0.15, -0.1) is 0 Å². The quantitative estimate of drug-likeness (QED) is 0.666. The third-order valence-corrected chi connectivity index (χ3v) is 5.11. The summed E-state index contributed by atoms with van der Waals surface area (Å²) in [5.74, 6) is 0.209. The lowest BCUT2D eigenvalue weighted by atomic mass is 10.0. The number of amides is 1. The number of aryl methyl sites for hydroxylation is 3. The molecule has 1 fully saturated rings. The molecule has 1 amide bonds. The number of hydrogen-bond acceptors (Lipinski definition) is 5. The molecule has 2 heterocycles. The molecular formula is C22H24N4O3. The van der Waals surface area contributed by atoms with E-state index in [0.717, 1.165) is 34.9 Å². The Bertz CT molecular complexity index is 1130. The summed E-state index contributed by atoms with van der Waals surface area (Å²) < 4.78 is 6.65. The van der Waals surface area contributed by atoms with Crippen LogP contribution >= 0.6 is 0 Å². The van der Waals surface area contributed by atoms with Crippen LogP contribution in [-0.4, -0.2) is 33.2 Å². The van der Waals surface area contributed by atoms with E-state index in [2.05, 4.69) is 29.5 Å². The number of fused-ring (bicyclic) bond motifs is 1. The summed E-state index contributed by atoms with van der Waals surface area (Å²) in [5, 5.41) is 8.30. The topological polar surface area (TPSA) is 86.1 Å². The Hall–Kier alpha value is -3.22. The molecule has 0 unspecified atom stereocenters. The molecular weight excluding hydrogens is 368 g/mol. The van der Waals surface area contributed by atoms with Gasteiger partial charge in [0.25, 0.3) is 0 Å². The van der Waals surface area contributed by atoms with Crippen LogP contribution in [0, 0.1) is 26.7 Å². The number of carbonyl (C=O) groups is 2. The van der Waals surface area contributed by atoms with E-state index in [1.165, 1.54) is 16.4 Å². The zero-order valence-corrected chi connectivity index (χ0v) is 17.1. The van der Waals surface area contributed by atoms with Crippen LogP contribution in [-0.2, 0) is 9.53 Å². The lowest BCUT2D eigenvalue weighted by molar-refractivity contribution is -0.117. The van der Waals surface area contributed by atoms with Crippen molar-refractivity contribution in [3.05, 3.63) is 46.6 Å². The molecule has 3 aromatic rings. The number of aromatic nitrogens is 3. The molecule has 1 saturated carbocycles. The fraction of sp³-hybridized carbons (Fsp3) is 0.364. The second-order valence-electron chi connectivity index (χ2n) is 7.58. The standard InChI is InChI=1S/C22H24N4O3/c1-5-29-22(28)17-11-23-26(20(17)25-21(27)15-6-7-15)18-10-13(3)16-9-12(2)8-14(4)19(16)24-18/h8-11,15H,5-7H2,1-4H3,(H,25,27). The Morgan fingerprint density at radius 3 is 2.62 bits per heavy atom. The van der Waals surface area contributed by atoms with Gasteiger partial charge in [-0.2, -0.15) is 9.78 Å². The van der Waals surface area contributed by atoms with Crippen molar-refractivity contribution < 1.29 is 14.3 Å². The average Bonchev–Trinajstić information content (AvgIpc) is 3.44. The van der Waals surface area contributed by atoms with E-state index in [1.807, 2.05) is 19.9 Å². The highest BCUT2D eigenvalue weighted by Gasteiger charge is 2.32. The largest absolute Gasteiger partial charge is 0.462 e. The van der Waals surface area contributed by atoms with E-state index in [4.69, 9.17) is 9.72 Å². The van der Waals surface area contributed by atoms with Crippen molar-refractivity contribution in [2.24, 2.45) is 5.92 Å². The number of benzene rings is 1. The van der Waals surface area contributed by atoms with E-state index in [9.17, 15) is 9.59 Å². The van der Waals surface area contributed by atoms with Gasteiger partial charge in [0.15, 0.2) is 11.6 Å². The highest BCUT2D eigenvalue weighted by molar-refractivity contribution is 6.01. The van der Waals surface area contributed by atoms with Crippen molar-refractivity contribution in [1.29, 1.82) is 0 Å². The van der Waals surface area contributed by atoms with Crippen LogP contribution in [0.5, 0.6) is 0 Å². The first-order chi connectivity index (χ1) is 13.9. The van der Waals surface area contributed by atoms with Crippen LogP contribution in [0.25, 0.3) is 16.7 Å². The lowest BCUT2D eigenvalue weighted by Crippen LogP contribution is -2.19. The Morgan fingerprint density at radius 1 is 1.17 bits per heavy atom. The molecule has 1 aliphatic carbocycles. The fourth-order valence-electron chi connectivity index (χ4n) is 3.50. The van der Waals surface area contributed by atoms with Crippen molar-refractivity contribution >= 4 is 28.6 Å². The van der Waals surface area contributed by atoms with Crippen LogP contribution in [0.15, 0.2) is 24.4 Å². The van der Waals surface area contributed by atoms with Crippen LogP contribution in [0.4, 0.5) is 5.82 Å². The summed E-state index contributed by atoms with van der Waals surface area (Å²) in [7, 11) is 0. The average molecular weight is 392 g/mol. The summed E-state index contributed by atoms with van der Waals surface area (Å²) >= 11 is 0. The van der Waals surface area contributed by atoms with E-state index in [0.29, 0.717) is 11.6 Å². The molecule has 150 valence electrons. The second kappa shape index (κ2) is 7.31. The third kappa shape index (κ3) is 3.60. The maximum Gasteiger partial charge on any atom is 0.343 e. The van der Waals surface area contributed by atoms with Crippen molar-refractivity contribution in [3.63, 3.8) is 0 Å². The van der Waals surface area contributed by atoms with E-state index in [1.54, 1.807) is 6.92 Å². The lowest BCUT2D eigenvalue weighted by Gasteiger charge is -2.13. The van der Waals surface area contributed by atoms with Gasteiger partial charge >= 0.3 is 5.97 Å². The van der Waals surface area contributed by atoms with Gasteiger partial charge in [-0.25, -0.2) is 9.78 Å². The first-order valence-electron chi connectivity index (χ1n) is 9.84. The predicted octanol–water partition coefficient (Wildman–Crippen LogP) is 3.87. The smallest absolute Gasteiger partial charge is 0.343 e. The third-order valence-electron chi connectivity index (χ3n) is 5.11. The van der Waals surface area contributed by atoms with Crippen LogP contribution in [0.3, 0.4) is 0 Å². The van der Waals surface area contributed by atoms with Gasteiger partial charge in [0.1, 0.15) is 5.56 Å². The van der Waals surface area contributed by atoms with Gasteiger partial charge in [-0.05, 0) is 63.8 Å². The molecule has 0 aliphatic heterocycles. The fourth-order valence-corrected chi connectivity index (χ4v) is 3.50. The van der Waals surface area contributed by atoms with Gasteiger partial charge in [-0.3, -0.25) is 4.79 Å². The molecule has 0 saturated heterocycles. The highest BCUT2D eigenvalue weighted by atomic mass is 16.5. The van der Waals surface area contributed by atoms with Gasteiger partial charge in [-0.1, -0.05) is 11.6 Å². The number of rotatable bonds is 5. The number of nitrogens with one attached hydrogen (secondary N) is 1. The normalized spacial score (nSPS) is 13.5. The van der Waals surface area contributed by atoms with Gasteiger partial charge in [0.2, 0.25) is 5.91 Å². The molecule has 0 radical (unpaired) electrons.